The Morgan fingerprint density at radius 3 is 2.52 bits per heavy atom. The Morgan fingerprint density at radius 2 is 1.76 bits per heavy atom. The Kier molecular flexibility index (Phi) is 4.91. The number of aromatic amines is 1. The van der Waals surface area contributed by atoms with E-state index in [-0.39, 0.29) is 16.6 Å². The van der Waals surface area contributed by atoms with Crippen LogP contribution in [-0.2, 0) is 0 Å². The molecule has 3 aromatic rings. The molecule has 126 valence electrons. The topological polar surface area (TPSA) is 102 Å². The molecule has 0 aliphatic carbocycles. The molecule has 0 atom stereocenters. The number of anilines is 1. The van der Waals surface area contributed by atoms with Crippen molar-refractivity contribution < 1.29 is 9.90 Å². The predicted octanol–water partition coefficient (Wildman–Crippen LogP) is 2.41. The maximum absolute atomic E-state index is 12.1. The lowest BCUT2D eigenvalue weighted by Crippen LogP contribution is -2.43. The Morgan fingerprint density at radius 1 is 1.04 bits per heavy atom. The van der Waals surface area contributed by atoms with Gasteiger partial charge >= 0.3 is 0 Å². The lowest BCUT2D eigenvalue weighted by Gasteiger charge is -2.10. The molecule has 0 aliphatic heterocycles. The molecule has 1 amide bonds. The van der Waals surface area contributed by atoms with Crippen LogP contribution in [0.3, 0.4) is 0 Å². The molecular formula is C17H15N5O2S. The standard InChI is InChI=1S/C17H15N5O2S/c23-15-9-5-4-8-12(15)13-10-14(20-19-13)16(24)21-22-17(25)18-11-6-2-1-3-7-11/h1-10,23H,(H,19,20)(H,21,24)(H2,18,22,25). The molecule has 0 radical (unpaired) electrons. The van der Waals surface area contributed by atoms with E-state index in [9.17, 15) is 9.90 Å². The van der Waals surface area contributed by atoms with Crippen molar-refractivity contribution in [2.24, 2.45) is 0 Å². The average molecular weight is 353 g/mol. The molecule has 3 rings (SSSR count). The summed E-state index contributed by atoms with van der Waals surface area (Å²) < 4.78 is 0. The molecule has 1 heterocycles. The van der Waals surface area contributed by atoms with E-state index >= 15 is 0 Å². The van der Waals surface area contributed by atoms with Crippen molar-refractivity contribution in [3.05, 3.63) is 66.4 Å². The van der Waals surface area contributed by atoms with Crippen molar-refractivity contribution in [3.8, 4) is 17.0 Å². The first kappa shape index (κ1) is 16.5. The number of H-pyrrole nitrogens is 1. The summed E-state index contributed by atoms with van der Waals surface area (Å²) in [5.41, 5.74) is 7.12. The molecule has 5 N–H and O–H groups in total. The van der Waals surface area contributed by atoms with Gasteiger partial charge in [0.15, 0.2) is 5.11 Å². The van der Waals surface area contributed by atoms with Crippen LogP contribution in [0.4, 0.5) is 5.69 Å². The summed E-state index contributed by atoms with van der Waals surface area (Å²) >= 11 is 5.11. The van der Waals surface area contributed by atoms with Gasteiger partial charge in [-0.3, -0.25) is 20.7 Å². The number of phenolic OH excluding ortho intramolecular Hbond substituents is 1. The van der Waals surface area contributed by atoms with Crippen LogP contribution in [0.1, 0.15) is 10.5 Å². The SMILES string of the molecule is O=C(NNC(=S)Nc1ccccc1)c1cc(-c2ccccc2O)n[nH]1. The Balaban J connectivity index is 1.59. The van der Waals surface area contributed by atoms with Crippen LogP contribution in [0.2, 0.25) is 0 Å². The van der Waals surface area contributed by atoms with E-state index in [1.807, 2.05) is 30.3 Å². The van der Waals surface area contributed by atoms with E-state index in [0.717, 1.165) is 5.69 Å². The second-order valence-corrected chi connectivity index (χ2v) is 5.49. The molecule has 25 heavy (non-hydrogen) atoms. The minimum Gasteiger partial charge on any atom is -0.507 e. The van der Waals surface area contributed by atoms with Crippen molar-refractivity contribution in [1.82, 2.24) is 21.0 Å². The Hall–Kier alpha value is -3.39. The van der Waals surface area contributed by atoms with E-state index in [4.69, 9.17) is 12.2 Å². The van der Waals surface area contributed by atoms with Gasteiger partial charge in [0.25, 0.3) is 5.91 Å². The zero-order valence-corrected chi connectivity index (χ0v) is 13.8. The summed E-state index contributed by atoms with van der Waals surface area (Å²) in [6.45, 7) is 0. The summed E-state index contributed by atoms with van der Waals surface area (Å²) in [5.74, 6) is -0.348. The number of nitrogens with zero attached hydrogens (tertiary/aromatic N) is 1. The fourth-order valence-electron chi connectivity index (χ4n) is 2.13. The highest BCUT2D eigenvalue weighted by Gasteiger charge is 2.13. The smallest absolute Gasteiger partial charge is 0.287 e. The number of amides is 1. The molecule has 7 nitrogen and oxygen atoms in total. The molecule has 0 aliphatic rings. The molecule has 0 fully saturated rings. The summed E-state index contributed by atoms with van der Waals surface area (Å²) in [6, 6.07) is 17.6. The number of hydrazine groups is 1. The highest BCUT2D eigenvalue weighted by atomic mass is 32.1. The van der Waals surface area contributed by atoms with Gasteiger partial charge in [-0.2, -0.15) is 5.10 Å². The molecule has 0 spiro atoms. The van der Waals surface area contributed by atoms with E-state index in [1.165, 1.54) is 0 Å². The van der Waals surface area contributed by atoms with Crippen LogP contribution in [0.15, 0.2) is 60.7 Å². The van der Waals surface area contributed by atoms with Gasteiger partial charge in [0.1, 0.15) is 11.4 Å². The predicted molar refractivity (Wildman–Crippen MR) is 99.0 cm³/mol. The van der Waals surface area contributed by atoms with Gasteiger partial charge in [-0.05, 0) is 42.5 Å². The van der Waals surface area contributed by atoms with Crippen molar-refractivity contribution in [3.63, 3.8) is 0 Å². The zero-order chi connectivity index (χ0) is 17.6. The van der Waals surface area contributed by atoms with E-state index < -0.39 is 5.91 Å². The highest BCUT2D eigenvalue weighted by molar-refractivity contribution is 7.80. The number of phenols is 1. The van der Waals surface area contributed by atoms with Crippen molar-refractivity contribution >= 4 is 28.9 Å². The van der Waals surface area contributed by atoms with Crippen molar-refractivity contribution in [2.45, 2.75) is 0 Å². The Bertz CT molecular complexity index is 895. The third kappa shape index (κ3) is 4.12. The lowest BCUT2D eigenvalue weighted by atomic mass is 10.1. The van der Waals surface area contributed by atoms with Crippen LogP contribution >= 0.6 is 12.2 Å². The molecule has 0 saturated carbocycles. The zero-order valence-electron chi connectivity index (χ0n) is 13.0. The summed E-state index contributed by atoms with van der Waals surface area (Å²) in [4.78, 5) is 12.1. The van der Waals surface area contributed by atoms with Gasteiger partial charge in [-0.15, -0.1) is 0 Å². The maximum Gasteiger partial charge on any atom is 0.287 e. The number of para-hydroxylation sites is 2. The number of thiocarbonyl (C=S) groups is 1. The van der Waals surface area contributed by atoms with Crippen LogP contribution in [0.5, 0.6) is 5.75 Å². The van der Waals surface area contributed by atoms with Gasteiger partial charge < -0.3 is 10.4 Å². The monoisotopic (exact) mass is 353 g/mol. The summed E-state index contributed by atoms with van der Waals surface area (Å²) in [6.07, 6.45) is 0. The van der Waals surface area contributed by atoms with Crippen molar-refractivity contribution in [1.29, 1.82) is 0 Å². The van der Waals surface area contributed by atoms with E-state index in [2.05, 4.69) is 26.4 Å². The number of aromatic nitrogens is 2. The quantitative estimate of drug-likeness (QED) is 0.366. The number of hydrogen-bond acceptors (Lipinski definition) is 4. The molecule has 1 aromatic heterocycles. The number of benzene rings is 2. The van der Waals surface area contributed by atoms with Gasteiger partial charge in [0, 0.05) is 11.3 Å². The van der Waals surface area contributed by atoms with E-state index in [0.29, 0.717) is 11.3 Å². The number of carbonyl (C=O) groups is 1. The Labute approximate surface area is 149 Å². The third-order valence-corrected chi connectivity index (χ3v) is 3.53. The number of aromatic hydroxyl groups is 1. The maximum atomic E-state index is 12.1. The average Bonchev–Trinajstić information content (AvgIpc) is 3.11. The molecular weight excluding hydrogens is 338 g/mol. The van der Waals surface area contributed by atoms with Gasteiger partial charge in [-0.25, -0.2) is 0 Å². The minimum atomic E-state index is -0.439. The van der Waals surface area contributed by atoms with Crippen molar-refractivity contribution in [2.75, 3.05) is 5.32 Å². The molecule has 2 aromatic carbocycles. The first-order valence-corrected chi connectivity index (χ1v) is 7.80. The van der Waals surface area contributed by atoms with Crippen LogP contribution in [-0.4, -0.2) is 26.3 Å². The second kappa shape index (κ2) is 7.45. The van der Waals surface area contributed by atoms with Crippen LogP contribution in [0.25, 0.3) is 11.3 Å². The molecule has 0 saturated heterocycles. The lowest BCUT2D eigenvalue weighted by molar-refractivity contribution is 0.0939. The summed E-state index contributed by atoms with van der Waals surface area (Å²) in [5, 5.41) is 19.7. The first-order chi connectivity index (χ1) is 12.1. The summed E-state index contributed by atoms with van der Waals surface area (Å²) in [7, 11) is 0. The molecule has 8 heteroatoms. The van der Waals surface area contributed by atoms with Crippen LogP contribution in [0, 0.1) is 0 Å². The number of carbonyl (C=O) groups excluding carboxylic acids is 1. The second-order valence-electron chi connectivity index (χ2n) is 5.08. The van der Waals surface area contributed by atoms with Gasteiger partial charge in [0.2, 0.25) is 0 Å². The van der Waals surface area contributed by atoms with Gasteiger partial charge in [-0.1, -0.05) is 30.3 Å². The van der Waals surface area contributed by atoms with Gasteiger partial charge in [0.05, 0.1) is 5.69 Å². The third-order valence-electron chi connectivity index (χ3n) is 3.32. The van der Waals surface area contributed by atoms with Crippen LogP contribution < -0.4 is 16.2 Å². The normalized spacial score (nSPS) is 10.1. The number of rotatable bonds is 3. The molecule has 0 unspecified atom stereocenters. The fourth-order valence-corrected chi connectivity index (χ4v) is 2.30. The highest BCUT2D eigenvalue weighted by Crippen LogP contribution is 2.27. The minimum absolute atomic E-state index is 0.0901. The number of hydrogen-bond donors (Lipinski definition) is 5. The number of nitrogens with one attached hydrogen (secondary N) is 4. The first-order valence-electron chi connectivity index (χ1n) is 7.39. The van der Waals surface area contributed by atoms with E-state index in [1.54, 1.807) is 30.3 Å². The molecule has 0 bridgehead atoms. The largest absolute Gasteiger partial charge is 0.507 e. The fraction of sp³-hybridized carbons (Fsp3) is 0.